The van der Waals surface area contributed by atoms with E-state index in [1.807, 2.05) is 6.07 Å². The Morgan fingerprint density at radius 3 is 2.64 bits per heavy atom. The topological polar surface area (TPSA) is 87.9 Å². The van der Waals surface area contributed by atoms with Crippen LogP contribution in [-0.4, -0.2) is 21.9 Å². The van der Waals surface area contributed by atoms with Crippen molar-refractivity contribution in [3.8, 4) is 17.7 Å². The number of nitriles is 1. The van der Waals surface area contributed by atoms with Crippen LogP contribution in [0.25, 0.3) is 6.08 Å². The number of ether oxygens (including phenoxy) is 1. The fraction of sp³-hybridized carbons (Fsp3) is 0.263. The van der Waals surface area contributed by atoms with Crippen LogP contribution in [0.4, 0.5) is 0 Å². The molecule has 1 saturated carbocycles. The second-order valence-electron chi connectivity index (χ2n) is 5.84. The molecule has 1 aliphatic rings. The molecule has 1 aromatic carbocycles. The number of amides is 1. The first-order chi connectivity index (χ1) is 12.2. The summed E-state index contributed by atoms with van der Waals surface area (Å²) in [6.45, 7) is 0. The molecule has 6 heteroatoms. The molecule has 0 aliphatic heterocycles. The third-order valence-electron chi connectivity index (χ3n) is 4.01. The molecule has 1 heterocycles. The molecule has 2 aromatic rings. The van der Waals surface area contributed by atoms with E-state index in [-0.39, 0.29) is 17.5 Å². The summed E-state index contributed by atoms with van der Waals surface area (Å²) in [6.07, 6.45) is 10.5. The van der Waals surface area contributed by atoms with Gasteiger partial charge in [-0.05, 0) is 36.6 Å². The zero-order valence-corrected chi connectivity index (χ0v) is 13.7. The maximum atomic E-state index is 12.2. The maximum absolute atomic E-state index is 12.2. The molecule has 6 nitrogen and oxygen atoms in total. The summed E-state index contributed by atoms with van der Waals surface area (Å²) in [7, 11) is 0. The predicted molar refractivity (Wildman–Crippen MR) is 92.5 cm³/mol. The van der Waals surface area contributed by atoms with Crippen LogP contribution in [0.2, 0.25) is 0 Å². The van der Waals surface area contributed by atoms with Gasteiger partial charge >= 0.3 is 0 Å². The Morgan fingerprint density at radius 2 is 2.00 bits per heavy atom. The number of carbonyl (C=O) groups excluding carboxylic acids is 1. The summed E-state index contributed by atoms with van der Waals surface area (Å²) in [5.41, 5.74) is 0.860. The van der Waals surface area contributed by atoms with E-state index in [4.69, 9.17) is 4.74 Å². The summed E-state index contributed by atoms with van der Waals surface area (Å²) in [4.78, 5) is 20.2. The molecule has 1 amide bonds. The van der Waals surface area contributed by atoms with E-state index in [1.54, 1.807) is 42.7 Å². The van der Waals surface area contributed by atoms with Crippen molar-refractivity contribution >= 4 is 12.0 Å². The molecule has 3 rings (SSSR count). The average Bonchev–Trinajstić information content (AvgIpc) is 3.15. The maximum Gasteiger partial charge on any atom is 0.262 e. The molecule has 25 heavy (non-hydrogen) atoms. The zero-order chi connectivity index (χ0) is 17.5. The van der Waals surface area contributed by atoms with Gasteiger partial charge in [0.15, 0.2) is 0 Å². The highest BCUT2D eigenvalue weighted by atomic mass is 16.5. The highest BCUT2D eigenvalue weighted by Gasteiger charge is 2.19. The van der Waals surface area contributed by atoms with Gasteiger partial charge in [-0.2, -0.15) is 5.26 Å². The predicted octanol–water partition coefficient (Wildman–Crippen LogP) is 3.23. The number of aromatic nitrogens is 2. The molecular formula is C19H18N4O2. The number of benzene rings is 1. The second kappa shape index (κ2) is 8.06. The van der Waals surface area contributed by atoms with Gasteiger partial charge in [-0.25, -0.2) is 4.98 Å². The van der Waals surface area contributed by atoms with Crippen molar-refractivity contribution in [2.24, 2.45) is 0 Å². The van der Waals surface area contributed by atoms with Crippen LogP contribution in [0, 0.1) is 11.3 Å². The summed E-state index contributed by atoms with van der Waals surface area (Å²) >= 11 is 0. The molecule has 1 aromatic heterocycles. The standard InChI is InChI=1S/C19H18N4O2/c20-12-15(19(24)23-16-3-1-2-4-16)11-14-5-7-17(8-6-14)25-18-13-21-9-10-22-18/h5-11,13,16H,1-4H2,(H,23,24)/b15-11+. The lowest BCUT2D eigenvalue weighted by Crippen LogP contribution is -2.33. The highest BCUT2D eigenvalue weighted by Crippen LogP contribution is 2.20. The quantitative estimate of drug-likeness (QED) is 0.670. The van der Waals surface area contributed by atoms with Crippen LogP contribution in [0.3, 0.4) is 0 Å². The van der Waals surface area contributed by atoms with Crippen LogP contribution in [0.5, 0.6) is 11.6 Å². The molecule has 0 spiro atoms. The first-order valence-electron chi connectivity index (χ1n) is 8.21. The number of nitrogens with zero attached hydrogens (tertiary/aromatic N) is 3. The van der Waals surface area contributed by atoms with Gasteiger partial charge in [0.25, 0.3) is 5.91 Å². The lowest BCUT2D eigenvalue weighted by molar-refractivity contribution is -0.117. The fourth-order valence-electron chi connectivity index (χ4n) is 2.74. The molecule has 0 saturated heterocycles. The van der Waals surface area contributed by atoms with E-state index in [0.717, 1.165) is 31.2 Å². The molecule has 126 valence electrons. The van der Waals surface area contributed by atoms with Gasteiger partial charge in [0.2, 0.25) is 5.88 Å². The summed E-state index contributed by atoms with van der Waals surface area (Å²) < 4.78 is 5.56. The Bertz CT molecular complexity index is 788. The van der Waals surface area contributed by atoms with Crippen LogP contribution in [0.1, 0.15) is 31.2 Å². The van der Waals surface area contributed by atoms with Gasteiger partial charge < -0.3 is 10.1 Å². The van der Waals surface area contributed by atoms with E-state index >= 15 is 0 Å². The Hall–Kier alpha value is -3.20. The third-order valence-corrected chi connectivity index (χ3v) is 4.01. The Balaban J connectivity index is 1.66. The molecule has 0 unspecified atom stereocenters. The smallest absolute Gasteiger partial charge is 0.262 e. The molecule has 0 bridgehead atoms. The normalized spacial score (nSPS) is 14.8. The van der Waals surface area contributed by atoms with Crippen molar-refractivity contribution < 1.29 is 9.53 Å². The Morgan fingerprint density at radius 1 is 1.24 bits per heavy atom. The van der Waals surface area contributed by atoms with Crippen molar-refractivity contribution in [2.75, 3.05) is 0 Å². The molecular weight excluding hydrogens is 316 g/mol. The Kier molecular flexibility index (Phi) is 5.37. The summed E-state index contributed by atoms with van der Waals surface area (Å²) in [6, 6.07) is 9.24. The van der Waals surface area contributed by atoms with E-state index in [9.17, 15) is 10.1 Å². The summed E-state index contributed by atoms with van der Waals surface area (Å²) in [5.74, 6) is 0.695. The molecule has 0 radical (unpaired) electrons. The third kappa shape index (κ3) is 4.64. The largest absolute Gasteiger partial charge is 0.438 e. The van der Waals surface area contributed by atoms with Crippen molar-refractivity contribution in [1.82, 2.24) is 15.3 Å². The van der Waals surface area contributed by atoms with Crippen LogP contribution >= 0.6 is 0 Å². The minimum absolute atomic E-state index is 0.106. The molecule has 1 N–H and O–H groups in total. The SMILES string of the molecule is N#C/C(=C\c1ccc(Oc2cnccn2)cc1)C(=O)NC1CCCC1. The first kappa shape index (κ1) is 16.7. The van der Waals surface area contributed by atoms with Gasteiger partial charge in [-0.3, -0.25) is 9.78 Å². The monoisotopic (exact) mass is 334 g/mol. The molecule has 1 aliphatic carbocycles. The van der Waals surface area contributed by atoms with Crippen LogP contribution < -0.4 is 10.1 Å². The number of carbonyl (C=O) groups is 1. The van der Waals surface area contributed by atoms with Gasteiger partial charge in [-0.15, -0.1) is 0 Å². The van der Waals surface area contributed by atoms with Gasteiger partial charge in [0, 0.05) is 18.4 Å². The van der Waals surface area contributed by atoms with Crippen LogP contribution in [-0.2, 0) is 4.79 Å². The van der Waals surface area contributed by atoms with Crippen molar-refractivity contribution in [3.05, 3.63) is 54.0 Å². The second-order valence-corrected chi connectivity index (χ2v) is 5.84. The number of hydrogen-bond donors (Lipinski definition) is 1. The average molecular weight is 334 g/mol. The zero-order valence-electron chi connectivity index (χ0n) is 13.7. The van der Waals surface area contributed by atoms with E-state index in [2.05, 4.69) is 15.3 Å². The number of rotatable bonds is 5. The van der Waals surface area contributed by atoms with E-state index in [0.29, 0.717) is 11.6 Å². The van der Waals surface area contributed by atoms with E-state index < -0.39 is 0 Å². The van der Waals surface area contributed by atoms with Crippen molar-refractivity contribution in [2.45, 2.75) is 31.7 Å². The summed E-state index contributed by atoms with van der Waals surface area (Å²) in [5, 5.41) is 12.2. The van der Waals surface area contributed by atoms with Crippen molar-refractivity contribution in [3.63, 3.8) is 0 Å². The number of hydrogen-bond acceptors (Lipinski definition) is 5. The fourth-order valence-corrected chi connectivity index (χ4v) is 2.74. The van der Waals surface area contributed by atoms with Gasteiger partial charge in [0.1, 0.15) is 17.4 Å². The molecule has 1 fully saturated rings. The molecule has 0 atom stereocenters. The minimum atomic E-state index is -0.311. The minimum Gasteiger partial charge on any atom is -0.438 e. The van der Waals surface area contributed by atoms with Crippen LogP contribution in [0.15, 0.2) is 48.4 Å². The Labute approximate surface area is 146 Å². The van der Waals surface area contributed by atoms with Gasteiger partial charge in [-0.1, -0.05) is 25.0 Å². The highest BCUT2D eigenvalue weighted by molar-refractivity contribution is 6.01. The lowest BCUT2D eigenvalue weighted by atomic mass is 10.1. The van der Waals surface area contributed by atoms with E-state index in [1.165, 1.54) is 6.20 Å². The van der Waals surface area contributed by atoms with Crippen molar-refractivity contribution in [1.29, 1.82) is 5.26 Å². The number of nitrogens with one attached hydrogen (secondary N) is 1. The first-order valence-corrected chi connectivity index (χ1v) is 8.21. The van der Waals surface area contributed by atoms with Gasteiger partial charge in [0.05, 0.1) is 6.20 Å². The lowest BCUT2D eigenvalue weighted by Gasteiger charge is -2.11.